The van der Waals surface area contributed by atoms with Crippen molar-refractivity contribution in [3.05, 3.63) is 51.7 Å². The van der Waals surface area contributed by atoms with Gasteiger partial charge in [-0.2, -0.15) is 5.26 Å². The van der Waals surface area contributed by atoms with Crippen molar-refractivity contribution in [1.29, 1.82) is 5.26 Å². The number of halogens is 2. The Morgan fingerprint density at radius 2 is 2.19 bits per heavy atom. The Hall–Kier alpha value is -2.26. The molecule has 0 radical (unpaired) electrons. The molecule has 7 heteroatoms. The van der Waals surface area contributed by atoms with Crippen molar-refractivity contribution < 1.29 is 13.9 Å². The number of hydrogen-bond acceptors (Lipinski definition) is 4. The molecule has 1 amide bonds. The summed E-state index contributed by atoms with van der Waals surface area (Å²) in [6.45, 7) is 1.10. The van der Waals surface area contributed by atoms with Crippen LogP contribution in [0.3, 0.4) is 0 Å². The maximum Gasteiger partial charge on any atom is 0.262 e. The minimum absolute atomic E-state index is 0.0130. The first-order valence-electron chi connectivity index (χ1n) is 8.13. The molecule has 134 valence electrons. The van der Waals surface area contributed by atoms with Crippen LogP contribution in [0.2, 0.25) is 10.0 Å². The molecule has 0 spiro atoms. The maximum absolute atomic E-state index is 12.2. The van der Waals surface area contributed by atoms with Gasteiger partial charge in [-0.25, -0.2) is 0 Å². The van der Waals surface area contributed by atoms with Crippen LogP contribution in [0.25, 0.3) is 17.4 Å². The second-order valence-corrected chi connectivity index (χ2v) is 6.68. The number of hydrogen-bond donors (Lipinski definition) is 1. The Balaban J connectivity index is 1.73. The quantitative estimate of drug-likeness (QED) is 0.603. The molecule has 3 rings (SSSR count). The van der Waals surface area contributed by atoms with Crippen LogP contribution in [0.5, 0.6) is 0 Å². The molecule has 0 saturated carbocycles. The van der Waals surface area contributed by atoms with E-state index in [1.165, 1.54) is 6.08 Å². The normalized spacial score (nSPS) is 17.1. The van der Waals surface area contributed by atoms with Gasteiger partial charge in [-0.3, -0.25) is 4.79 Å². The van der Waals surface area contributed by atoms with Gasteiger partial charge in [0.15, 0.2) is 0 Å². The SMILES string of the molecule is N#C/C(=C/c1ccc(-c2cc(Cl)ccc2Cl)o1)C(=O)NC[C@@H]1CCCO1. The highest BCUT2D eigenvalue weighted by atomic mass is 35.5. The lowest BCUT2D eigenvalue weighted by Gasteiger charge is -2.09. The Morgan fingerprint density at radius 3 is 2.92 bits per heavy atom. The highest BCUT2D eigenvalue weighted by Crippen LogP contribution is 2.32. The maximum atomic E-state index is 12.2. The monoisotopic (exact) mass is 390 g/mol. The lowest BCUT2D eigenvalue weighted by atomic mass is 10.2. The van der Waals surface area contributed by atoms with E-state index in [1.807, 2.05) is 6.07 Å². The average molecular weight is 391 g/mol. The van der Waals surface area contributed by atoms with Gasteiger partial charge < -0.3 is 14.5 Å². The number of furan rings is 1. The van der Waals surface area contributed by atoms with Crippen LogP contribution >= 0.6 is 23.2 Å². The molecule has 0 aliphatic carbocycles. The summed E-state index contributed by atoms with van der Waals surface area (Å²) in [5.41, 5.74) is 0.598. The summed E-state index contributed by atoms with van der Waals surface area (Å²) in [6.07, 6.45) is 3.31. The third-order valence-corrected chi connectivity index (χ3v) is 4.55. The summed E-state index contributed by atoms with van der Waals surface area (Å²) in [5, 5.41) is 13.0. The molecule has 1 aromatic carbocycles. The van der Waals surface area contributed by atoms with Crippen molar-refractivity contribution in [1.82, 2.24) is 5.32 Å². The van der Waals surface area contributed by atoms with Crippen LogP contribution < -0.4 is 5.32 Å². The van der Waals surface area contributed by atoms with Gasteiger partial charge in [0, 0.05) is 29.8 Å². The van der Waals surface area contributed by atoms with Crippen molar-refractivity contribution in [3.63, 3.8) is 0 Å². The van der Waals surface area contributed by atoms with Crippen molar-refractivity contribution in [2.45, 2.75) is 18.9 Å². The van der Waals surface area contributed by atoms with Crippen LogP contribution in [-0.2, 0) is 9.53 Å². The second kappa shape index (κ2) is 8.41. The largest absolute Gasteiger partial charge is 0.457 e. The Kier molecular flexibility index (Phi) is 6.00. The number of carbonyl (C=O) groups is 1. The van der Waals surface area contributed by atoms with E-state index < -0.39 is 5.91 Å². The Labute approximate surface area is 161 Å². The fourth-order valence-corrected chi connectivity index (χ4v) is 3.04. The highest BCUT2D eigenvalue weighted by molar-refractivity contribution is 6.35. The summed E-state index contributed by atoms with van der Waals surface area (Å²) in [6, 6.07) is 10.3. The molecule has 1 aliphatic heterocycles. The fourth-order valence-electron chi connectivity index (χ4n) is 2.66. The summed E-state index contributed by atoms with van der Waals surface area (Å²) in [4.78, 5) is 12.2. The van der Waals surface area contributed by atoms with E-state index in [4.69, 9.17) is 32.4 Å². The first-order valence-corrected chi connectivity index (χ1v) is 8.89. The third kappa shape index (κ3) is 4.47. The molecule has 1 aromatic heterocycles. The highest BCUT2D eigenvalue weighted by Gasteiger charge is 2.18. The van der Waals surface area contributed by atoms with Crippen LogP contribution in [0.15, 0.2) is 40.3 Å². The Bertz CT molecular complexity index is 877. The zero-order chi connectivity index (χ0) is 18.5. The first kappa shape index (κ1) is 18.5. The second-order valence-electron chi connectivity index (χ2n) is 5.84. The Morgan fingerprint density at radius 1 is 1.35 bits per heavy atom. The van der Waals surface area contributed by atoms with Gasteiger partial charge >= 0.3 is 0 Å². The number of amides is 1. The molecule has 2 aromatic rings. The smallest absolute Gasteiger partial charge is 0.262 e. The van der Waals surface area contributed by atoms with Gasteiger partial charge in [-0.15, -0.1) is 0 Å². The average Bonchev–Trinajstić information content (AvgIpc) is 3.31. The number of nitriles is 1. The molecule has 1 saturated heterocycles. The van der Waals surface area contributed by atoms with Gasteiger partial charge in [0.05, 0.1) is 11.1 Å². The standard InChI is InChI=1S/C19H16Cl2N2O3/c20-13-3-5-17(21)16(9-13)18-6-4-14(26-18)8-12(10-22)19(24)23-11-15-2-1-7-25-15/h3-6,8-9,15H,1-2,7,11H2,(H,23,24)/b12-8-/t15-/m0/s1. The van der Waals surface area contributed by atoms with Crippen molar-refractivity contribution >= 4 is 35.2 Å². The van der Waals surface area contributed by atoms with E-state index in [1.54, 1.807) is 30.3 Å². The predicted octanol–water partition coefficient (Wildman–Crippen LogP) is 4.46. The number of rotatable bonds is 5. The summed E-state index contributed by atoms with van der Waals surface area (Å²) in [7, 11) is 0. The van der Waals surface area contributed by atoms with E-state index in [9.17, 15) is 10.1 Å². The lowest BCUT2D eigenvalue weighted by molar-refractivity contribution is -0.117. The number of carbonyl (C=O) groups excluding carboxylic acids is 1. The van der Waals surface area contributed by atoms with Crippen molar-refractivity contribution in [3.8, 4) is 17.4 Å². The van der Waals surface area contributed by atoms with Gasteiger partial charge in [0.1, 0.15) is 23.2 Å². The van der Waals surface area contributed by atoms with Gasteiger partial charge in [-0.1, -0.05) is 23.2 Å². The zero-order valence-corrected chi connectivity index (χ0v) is 15.3. The predicted molar refractivity (Wildman–Crippen MR) is 99.7 cm³/mol. The minimum Gasteiger partial charge on any atom is -0.457 e. The molecule has 1 N–H and O–H groups in total. The molecule has 0 bridgehead atoms. The van der Waals surface area contributed by atoms with Crippen LogP contribution in [-0.4, -0.2) is 25.2 Å². The van der Waals surface area contributed by atoms with E-state index in [0.717, 1.165) is 12.8 Å². The summed E-state index contributed by atoms with van der Waals surface area (Å²) < 4.78 is 11.1. The van der Waals surface area contributed by atoms with Crippen LogP contribution in [0.4, 0.5) is 0 Å². The van der Waals surface area contributed by atoms with E-state index in [2.05, 4.69) is 5.32 Å². The van der Waals surface area contributed by atoms with Crippen molar-refractivity contribution in [2.75, 3.05) is 13.2 Å². The van der Waals surface area contributed by atoms with E-state index >= 15 is 0 Å². The summed E-state index contributed by atoms with van der Waals surface area (Å²) >= 11 is 12.2. The molecule has 1 fully saturated rings. The van der Waals surface area contributed by atoms with Crippen molar-refractivity contribution in [2.24, 2.45) is 0 Å². The number of benzene rings is 1. The molecule has 1 aliphatic rings. The van der Waals surface area contributed by atoms with Gasteiger partial charge in [0.2, 0.25) is 0 Å². The third-order valence-electron chi connectivity index (χ3n) is 3.99. The fraction of sp³-hybridized carbons (Fsp3) is 0.263. The molecular weight excluding hydrogens is 375 g/mol. The molecule has 2 heterocycles. The molecule has 5 nitrogen and oxygen atoms in total. The number of ether oxygens (including phenoxy) is 1. The van der Waals surface area contributed by atoms with Crippen LogP contribution in [0.1, 0.15) is 18.6 Å². The lowest BCUT2D eigenvalue weighted by Crippen LogP contribution is -2.32. The summed E-state index contributed by atoms with van der Waals surface area (Å²) in [5.74, 6) is 0.419. The van der Waals surface area contributed by atoms with E-state index in [0.29, 0.717) is 40.3 Å². The number of nitrogens with zero attached hydrogens (tertiary/aromatic N) is 1. The molecule has 0 unspecified atom stereocenters. The topological polar surface area (TPSA) is 75.3 Å². The molecule has 26 heavy (non-hydrogen) atoms. The van der Waals surface area contributed by atoms with Crippen LogP contribution in [0, 0.1) is 11.3 Å². The first-order chi connectivity index (χ1) is 12.6. The molecular formula is C19H16Cl2N2O3. The minimum atomic E-state index is -0.457. The van der Waals surface area contributed by atoms with E-state index in [-0.39, 0.29) is 11.7 Å². The van der Waals surface area contributed by atoms with Gasteiger partial charge in [0.25, 0.3) is 5.91 Å². The number of nitrogens with one attached hydrogen (secondary N) is 1. The molecule has 1 atom stereocenters. The van der Waals surface area contributed by atoms with Gasteiger partial charge in [-0.05, 0) is 43.2 Å². The zero-order valence-electron chi connectivity index (χ0n) is 13.8.